The quantitative estimate of drug-likeness (QED) is 0.676. The van der Waals surface area contributed by atoms with Gasteiger partial charge in [-0.25, -0.2) is 4.98 Å². The van der Waals surface area contributed by atoms with Crippen LogP contribution in [0.2, 0.25) is 0 Å². The van der Waals surface area contributed by atoms with Crippen molar-refractivity contribution in [3.8, 4) is 16.8 Å². The molecule has 1 heterocycles. The topological polar surface area (TPSA) is 17.8 Å². The molecule has 0 aliphatic heterocycles. The summed E-state index contributed by atoms with van der Waals surface area (Å²) in [5.41, 5.74) is 0.494. The third kappa shape index (κ3) is 2.67. The maximum absolute atomic E-state index is 13.3. The summed E-state index contributed by atoms with van der Waals surface area (Å²) >= 11 is 0. The van der Waals surface area contributed by atoms with Crippen molar-refractivity contribution in [1.29, 1.82) is 0 Å². The van der Waals surface area contributed by atoms with Crippen molar-refractivity contribution in [2.24, 2.45) is 0 Å². The second-order valence-corrected chi connectivity index (χ2v) is 4.56. The van der Waals surface area contributed by atoms with E-state index in [4.69, 9.17) is 0 Å². The van der Waals surface area contributed by atoms with E-state index in [1.807, 2.05) is 0 Å². The second-order valence-electron chi connectivity index (χ2n) is 4.56. The Hall–Kier alpha value is -2.56. The number of hydrogen-bond donors (Lipinski definition) is 0. The van der Waals surface area contributed by atoms with E-state index >= 15 is 0 Å². The first-order valence-electron chi connectivity index (χ1n) is 6.31. The van der Waals surface area contributed by atoms with Gasteiger partial charge in [0.15, 0.2) is 0 Å². The maximum atomic E-state index is 13.3. The summed E-state index contributed by atoms with van der Waals surface area (Å²) < 4.78 is 41.5. The van der Waals surface area contributed by atoms with Crippen LogP contribution < -0.4 is 0 Å². The van der Waals surface area contributed by atoms with Gasteiger partial charge in [0.25, 0.3) is 0 Å². The van der Waals surface area contributed by atoms with Crippen LogP contribution >= 0.6 is 0 Å². The molecule has 0 atom stereocenters. The van der Waals surface area contributed by atoms with Gasteiger partial charge in [-0.3, -0.25) is 0 Å². The van der Waals surface area contributed by atoms with Crippen LogP contribution in [0.5, 0.6) is 0 Å². The molecule has 0 spiro atoms. The Balaban J connectivity index is 2.18. The van der Waals surface area contributed by atoms with Crippen LogP contribution in [0.15, 0.2) is 67.3 Å². The predicted molar refractivity (Wildman–Crippen MR) is 74.0 cm³/mol. The van der Waals surface area contributed by atoms with Gasteiger partial charge in [0.2, 0.25) is 0 Å². The molecule has 0 fully saturated rings. The van der Waals surface area contributed by atoms with Crippen molar-refractivity contribution in [3.05, 3.63) is 72.8 Å². The van der Waals surface area contributed by atoms with Gasteiger partial charge in [0, 0.05) is 18.1 Å². The molecule has 5 heteroatoms. The minimum atomic E-state index is -4.41. The molecular formula is C16H11F3N2. The molecule has 3 rings (SSSR count). The molecule has 0 saturated heterocycles. The summed E-state index contributed by atoms with van der Waals surface area (Å²) in [6.07, 6.45) is 0.190. The van der Waals surface area contributed by atoms with Gasteiger partial charge in [-0.2, -0.15) is 13.2 Å². The molecule has 0 saturated carbocycles. The van der Waals surface area contributed by atoms with Crippen molar-refractivity contribution in [1.82, 2.24) is 9.55 Å². The number of imidazole rings is 1. The van der Waals surface area contributed by atoms with Gasteiger partial charge in [0.05, 0.1) is 11.9 Å². The fraction of sp³-hybridized carbons (Fsp3) is 0.0625. The second kappa shape index (κ2) is 5.09. The van der Waals surface area contributed by atoms with E-state index < -0.39 is 11.7 Å². The first-order valence-corrected chi connectivity index (χ1v) is 6.31. The lowest BCUT2D eigenvalue weighted by Crippen LogP contribution is -2.08. The zero-order chi connectivity index (χ0) is 14.9. The third-order valence-electron chi connectivity index (χ3n) is 3.20. The van der Waals surface area contributed by atoms with E-state index in [2.05, 4.69) is 4.98 Å². The summed E-state index contributed by atoms with van der Waals surface area (Å²) in [7, 11) is 0. The Kier molecular flexibility index (Phi) is 3.25. The number of rotatable bonds is 2. The van der Waals surface area contributed by atoms with E-state index in [0.717, 1.165) is 6.07 Å². The van der Waals surface area contributed by atoms with E-state index in [1.165, 1.54) is 18.6 Å². The Labute approximate surface area is 119 Å². The molecule has 2 nitrogen and oxygen atoms in total. The molecule has 0 N–H and O–H groups in total. The van der Waals surface area contributed by atoms with Gasteiger partial charge < -0.3 is 4.57 Å². The summed E-state index contributed by atoms with van der Waals surface area (Å²) in [6, 6.07) is 12.8. The Bertz CT molecular complexity index is 732. The van der Waals surface area contributed by atoms with Crippen molar-refractivity contribution >= 4 is 0 Å². The number of benzene rings is 2. The van der Waals surface area contributed by atoms with Gasteiger partial charge in [-0.15, -0.1) is 0 Å². The zero-order valence-electron chi connectivity index (χ0n) is 10.9. The largest absolute Gasteiger partial charge is 0.417 e. The lowest BCUT2D eigenvalue weighted by Gasteiger charge is -2.15. The molecule has 2 aromatic carbocycles. The minimum Gasteiger partial charge on any atom is -0.306 e. The summed E-state index contributed by atoms with van der Waals surface area (Å²) in [5.74, 6) is 0. The highest BCUT2D eigenvalue weighted by Gasteiger charge is 2.34. The minimum absolute atomic E-state index is 0.173. The lowest BCUT2D eigenvalue weighted by atomic mass is 9.98. The molecule has 106 valence electrons. The molecule has 0 radical (unpaired) electrons. The van der Waals surface area contributed by atoms with E-state index in [9.17, 15) is 13.2 Å². The Morgan fingerprint density at radius 1 is 0.952 bits per heavy atom. The van der Waals surface area contributed by atoms with Gasteiger partial charge in [-0.05, 0) is 23.3 Å². The standard InChI is InChI=1S/C16H11F3N2/c17-16(18,19)15-10-13(21-9-8-20-11-21)6-7-14(15)12-4-2-1-3-5-12/h1-11H. The van der Waals surface area contributed by atoms with Crippen molar-refractivity contribution in [2.45, 2.75) is 6.18 Å². The van der Waals surface area contributed by atoms with Crippen LogP contribution in [-0.4, -0.2) is 9.55 Å². The fourth-order valence-electron chi connectivity index (χ4n) is 2.21. The molecule has 0 amide bonds. The first-order chi connectivity index (χ1) is 10.1. The molecule has 0 aliphatic rings. The Morgan fingerprint density at radius 3 is 2.33 bits per heavy atom. The van der Waals surface area contributed by atoms with Gasteiger partial charge in [-0.1, -0.05) is 36.4 Å². The average molecular weight is 288 g/mol. The predicted octanol–water partition coefficient (Wildman–Crippen LogP) is 4.56. The lowest BCUT2D eigenvalue weighted by molar-refractivity contribution is -0.137. The highest BCUT2D eigenvalue weighted by molar-refractivity contribution is 5.69. The highest BCUT2D eigenvalue weighted by Crippen LogP contribution is 2.38. The smallest absolute Gasteiger partial charge is 0.306 e. The molecule has 3 aromatic rings. The number of aromatic nitrogens is 2. The zero-order valence-corrected chi connectivity index (χ0v) is 10.9. The Morgan fingerprint density at radius 2 is 1.71 bits per heavy atom. The fourth-order valence-corrected chi connectivity index (χ4v) is 2.21. The monoisotopic (exact) mass is 288 g/mol. The number of nitrogens with zero attached hydrogens (tertiary/aromatic N) is 2. The van der Waals surface area contributed by atoms with Crippen molar-refractivity contribution < 1.29 is 13.2 Å². The number of halogens is 3. The molecule has 0 unspecified atom stereocenters. The van der Waals surface area contributed by atoms with E-state index in [1.54, 1.807) is 47.2 Å². The molecule has 1 aromatic heterocycles. The first kappa shape index (κ1) is 13.4. The van der Waals surface area contributed by atoms with Crippen LogP contribution in [0, 0.1) is 0 Å². The van der Waals surface area contributed by atoms with Crippen LogP contribution in [0.25, 0.3) is 16.8 Å². The normalized spacial score (nSPS) is 11.6. The SMILES string of the molecule is FC(F)(F)c1cc(-n2ccnc2)ccc1-c1ccccc1. The molecule has 0 aliphatic carbocycles. The molecule has 21 heavy (non-hydrogen) atoms. The number of hydrogen-bond acceptors (Lipinski definition) is 1. The van der Waals surface area contributed by atoms with E-state index in [0.29, 0.717) is 11.3 Å². The van der Waals surface area contributed by atoms with Gasteiger partial charge in [0.1, 0.15) is 0 Å². The highest BCUT2D eigenvalue weighted by atomic mass is 19.4. The summed E-state index contributed by atoms with van der Waals surface area (Å²) in [6.45, 7) is 0. The molecular weight excluding hydrogens is 277 g/mol. The van der Waals surface area contributed by atoms with Crippen LogP contribution in [0.3, 0.4) is 0 Å². The van der Waals surface area contributed by atoms with Crippen molar-refractivity contribution in [3.63, 3.8) is 0 Å². The van der Waals surface area contributed by atoms with Crippen molar-refractivity contribution in [2.75, 3.05) is 0 Å². The maximum Gasteiger partial charge on any atom is 0.417 e. The summed E-state index contributed by atoms with van der Waals surface area (Å²) in [5, 5.41) is 0. The third-order valence-corrected chi connectivity index (χ3v) is 3.20. The number of alkyl halides is 3. The van der Waals surface area contributed by atoms with Gasteiger partial charge >= 0.3 is 6.18 Å². The molecule has 0 bridgehead atoms. The average Bonchev–Trinajstić information content (AvgIpc) is 3.01. The van der Waals surface area contributed by atoms with Crippen LogP contribution in [-0.2, 0) is 6.18 Å². The van der Waals surface area contributed by atoms with Crippen LogP contribution in [0.4, 0.5) is 13.2 Å². The van der Waals surface area contributed by atoms with Crippen LogP contribution in [0.1, 0.15) is 5.56 Å². The van der Waals surface area contributed by atoms with E-state index in [-0.39, 0.29) is 5.56 Å². The summed E-state index contributed by atoms with van der Waals surface area (Å²) in [4.78, 5) is 3.85.